The molecule has 0 radical (unpaired) electrons. The summed E-state index contributed by atoms with van der Waals surface area (Å²) < 4.78 is 0. The van der Waals surface area contributed by atoms with Crippen LogP contribution in [0.2, 0.25) is 0 Å². The first kappa shape index (κ1) is 9.03. The molecule has 0 fully saturated rings. The van der Waals surface area contributed by atoms with Gasteiger partial charge in [0, 0.05) is 5.56 Å². The standard InChI is InChI=1S/C12H10N4/c1-8-3-2-4-9(5-8)10-6-13-11-7-14-16-12(11)15-10/h2-7H,1H3,(H,14,15,16). The summed E-state index contributed by atoms with van der Waals surface area (Å²) in [5.74, 6) is 0. The Morgan fingerprint density at radius 1 is 1.19 bits per heavy atom. The number of hydrogen-bond donors (Lipinski definition) is 1. The van der Waals surface area contributed by atoms with Gasteiger partial charge in [0.15, 0.2) is 5.65 Å². The molecule has 4 heteroatoms. The summed E-state index contributed by atoms with van der Waals surface area (Å²) in [7, 11) is 0. The Labute approximate surface area is 92.4 Å². The molecule has 0 aliphatic rings. The van der Waals surface area contributed by atoms with E-state index in [1.807, 2.05) is 12.1 Å². The van der Waals surface area contributed by atoms with Crippen LogP contribution in [0, 0.1) is 6.92 Å². The molecule has 0 unspecified atom stereocenters. The third-order valence-corrected chi connectivity index (χ3v) is 2.47. The zero-order valence-corrected chi connectivity index (χ0v) is 8.81. The van der Waals surface area contributed by atoms with E-state index in [4.69, 9.17) is 0 Å². The SMILES string of the molecule is Cc1cccc(-c2cnc3cn[nH]c3n2)c1. The highest BCUT2D eigenvalue weighted by Gasteiger charge is 2.03. The van der Waals surface area contributed by atoms with Crippen molar-refractivity contribution in [1.29, 1.82) is 0 Å². The fourth-order valence-electron chi connectivity index (χ4n) is 1.67. The molecule has 3 rings (SSSR count). The minimum Gasteiger partial charge on any atom is -0.259 e. The molecule has 0 saturated heterocycles. The molecule has 1 N–H and O–H groups in total. The van der Waals surface area contributed by atoms with E-state index in [1.165, 1.54) is 5.56 Å². The van der Waals surface area contributed by atoms with Crippen molar-refractivity contribution in [2.24, 2.45) is 0 Å². The number of nitrogens with zero attached hydrogens (tertiary/aromatic N) is 3. The molecular formula is C12H10N4. The average molecular weight is 210 g/mol. The smallest absolute Gasteiger partial charge is 0.174 e. The van der Waals surface area contributed by atoms with E-state index in [0.29, 0.717) is 0 Å². The highest BCUT2D eigenvalue weighted by molar-refractivity contribution is 5.72. The molecule has 0 aliphatic carbocycles. The van der Waals surface area contributed by atoms with Gasteiger partial charge in [-0.25, -0.2) is 9.97 Å². The van der Waals surface area contributed by atoms with Crippen molar-refractivity contribution in [3.63, 3.8) is 0 Å². The summed E-state index contributed by atoms with van der Waals surface area (Å²) in [6.45, 7) is 2.06. The van der Waals surface area contributed by atoms with Crippen LogP contribution in [0.3, 0.4) is 0 Å². The summed E-state index contributed by atoms with van der Waals surface area (Å²) >= 11 is 0. The number of aryl methyl sites for hydroxylation is 1. The lowest BCUT2D eigenvalue weighted by molar-refractivity contribution is 1.10. The fraction of sp³-hybridized carbons (Fsp3) is 0.0833. The Hall–Kier alpha value is -2.23. The molecule has 2 aromatic heterocycles. The van der Waals surface area contributed by atoms with Crippen LogP contribution < -0.4 is 0 Å². The van der Waals surface area contributed by atoms with Crippen LogP contribution in [0.5, 0.6) is 0 Å². The van der Waals surface area contributed by atoms with Crippen LogP contribution in [0.4, 0.5) is 0 Å². The molecule has 0 saturated carbocycles. The maximum Gasteiger partial charge on any atom is 0.174 e. The normalized spacial score (nSPS) is 10.8. The lowest BCUT2D eigenvalue weighted by Gasteiger charge is -2.01. The van der Waals surface area contributed by atoms with Gasteiger partial charge in [-0.2, -0.15) is 5.10 Å². The lowest BCUT2D eigenvalue weighted by atomic mass is 10.1. The van der Waals surface area contributed by atoms with Crippen LogP contribution in [-0.2, 0) is 0 Å². The molecule has 2 heterocycles. The largest absolute Gasteiger partial charge is 0.259 e. The van der Waals surface area contributed by atoms with Gasteiger partial charge < -0.3 is 0 Å². The van der Waals surface area contributed by atoms with E-state index in [2.05, 4.69) is 39.2 Å². The Balaban J connectivity index is 2.18. The van der Waals surface area contributed by atoms with Crippen LogP contribution >= 0.6 is 0 Å². The quantitative estimate of drug-likeness (QED) is 0.670. The first-order valence-corrected chi connectivity index (χ1v) is 5.06. The summed E-state index contributed by atoms with van der Waals surface area (Å²) in [6.07, 6.45) is 3.44. The van der Waals surface area contributed by atoms with Gasteiger partial charge >= 0.3 is 0 Å². The van der Waals surface area contributed by atoms with Crippen molar-refractivity contribution in [3.05, 3.63) is 42.2 Å². The van der Waals surface area contributed by atoms with Gasteiger partial charge in [0.05, 0.1) is 18.1 Å². The maximum absolute atomic E-state index is 4.47. The third-order valence-electron chi connectivity index (χ3n) is 2.47. The number of aromatic amines is 1. The minimum absolute atomic E-state index is 0.721. The van der Waals surface area contributed by atoms with E-state index in [9.17, 15) is 0 Å². The average Bonchev–Trinajstić information content (AvgIpc) is 2.75. The number of H-pyrrole nitrogens is 1. The molecule has 0 aliphatic heterocycles. The van der Waals surface area contributed by atoms with Gasteiger partial charge in [-0.05, 0) is 13.0 Å². The summed E-state index contributed by atoms with van der Waals surface area (Å²) in [5, 5.41) is 6.72. The Kier molecular flexibility index (Phi) is 1.93. The molecule has 0 bridgehead atoms. The van der Waals surface area contributed by atoms with Crippen LogP contribution in [0.15, 0.2) is 36.7 Å². The number of fused-ring (bicyclic) bond motifs is 1. The molecular weight excluding hydrogens is 200 g/mol. The van der Waals surface area contributed by atoms with Crippen LogP contribution in [-0.4, -0.2) is 20.2 Å². The number of hydrogen-bond acceptors (Lipinski definition) is 3. The van der Waals surface area contributed by atoms with Crippen molar-refractivity contribution in [3.8, 4) is 11.3 Å². The van der Waals surface area contributed by atoms with Gasteiger partial charge in [0.1, 0.15) is 5.52 Å². The Bertz CT molecular complexity index is 642. The predicted octanol–water partition coefficient (Wildman–Crippen LogP) is 2.33. The van der Waals surface area contributed by atoms with E-state index in [0.717, 1.165) is 22.4 Å². The zero-order chi connectivity index (χ0) is 11.0. The van der Waals surface area contributed by atoms with Gasteiger partial charge in [-0.3, -0.25) is 5.10 Å². The molecule has 0 spiro atoms. The van der Waals surface area contributed by atoms with E-state index < -0.39 is 0 Å². The van der Waals surface area contributed by atoms with E-state index >= 15 is 0 Å². The number of benzene rings is 1. The minimum atomic E-state index is 0.721. The highest BCUT2D eigenvalue weighted by Crippen LogP contribution is 2.18. The van der Waals surface area contributed by atoms with Gasteiger partial charge in [-0.1, -0.05) is 23.8 Å². The summed E-state index contributed by atoms with van der Waals surface area (Å²) in [6, 6.07) is 8.20. The highest BCUT2D eigenvalue weighted by atomic mass is 15.1. The molecule has 1 aromatic carbocycles. The number of rotatable bonds is 1. The predicted molar refractivity (Wildman–Crippen MR) is 61.9 cm³/mol. The van der Waals surface area contributed by atoms with Crippen molar-refractivity contribution < 1.29 is 0 Å². The van der Waals surface area contributed by atoms with Gasteiger partial charge in [0.25, 0.3) is 0 Å². The van der Waals surface area contributed by atoms with Crippen molar-refractivity contribution in [2.75, 3.05) is 0 Å². The molecule has 0 atom stereocenters. The monoisotopic (exact) mass is 210 g/mol. The second kappa shape index (κ2) is 3.41. The van der Waals surface area contributed by atoms with Crippen LogP contribution in [0.1, 0.15) is 5.56 Å². The molecule has 3 aromatic rings. The van der Waals surface area contributed by atoms with Crippen LogP contribution in [0.25, 0.3) is 22.4 Å². The van der Waals surface area contributed by atoms with E-state index in [-0.39, 0.29) is 0 Å². The van der Waals surface area contributed by atoms with Gasteiger partial charge in [-0.15, -0.1) is 0 Å². The number of nitrogens with one attached hydrogen (secondary N) is 1. The molecule has 78 valence electrons. The molecule has 0 amide bonds. The first-order chi connectivity index (χ1) is 7.83. The van der Waals surface area contributed by atoms with Crippen molar-refractivity contribution in [1.82, 2.24) is 20.2 Å². The third kappa shape index (κ3) is 1.44. The summed E-state index contributed by atoms with van der Waals surface area (Å²) in [5.41, 5.74) is 4.66. The maximum atomic E-state index is 4.47. The molecule has 4 nitrogen and oxygen atoms in total. The Morgan fingerprint density at radius 2 is 2.12 bits per heavy atom. The second-order valence-electron chi connectivity index (χ2n) is 3.73. The first-order valence-electron chi connectivity index (χ1n) is 5.06. The topological polar surface area (TPSA) is 54.5 Å². The van der Waals surface area contributed by atoms with Crippen molar-refractivity contribution >= 4 is 11.2 Å². The fourth-order valence-corrected chi connectivity index (χ4v) is 1.67. The Morgan fingerprint density at radius 3 is 3.00 bits per heavy atom. The van der Waals surface area contributed by atoms with Crippen molar-refractivity contribution in [2.45, 2.75) is 6.92 Å². The second-order valence-corrected chi connectivity index (χ2v) is 3.73. The lowest BCUT2D eigenvalue weighted by Crippen LogP contribution is -1.87. The van der Waals surface area contributed by atoms with E-state index in [1.54, 1.807) is 12.4 Å². The van der Waals surface area contributed by atoms with Gasteiger partial charge in [0.2, 0.25) is 0 Å². The summed E-state index contributed by atoms with van der Waals surface area (Å²) in [4.78, 5) is 8.76. The zero-order valence-electron chi connectivity index (χ0n) is 8.81. The number of aromatic nitrogens is 4. The molecule has 16 heavy (non-hydrogen) atoms.